The predicted molar refractivity (Wildman–Crippen MR) is 80.9 cm³/mol. The third-order valence-corrected chi connectivity index (χ3v) is 3.98. The summed E-state index contributed by atoms with van der Waals surface area (Å²) in [5.74, 6) is -1.20. The van der Waals surface area contributed by atoms with Gasteiger partial charge in [0.05, 0.1) is 0 Å². The molecule has 1 nitrogen and oxygen atoms in total. The lowest BCUT2D eigenvalue weighted by molar-refractivity contribution is 0.550. The highest BCUT2D eigenvalue weighted by molar-refractivity contribution is 9.10. The highest BCUT2D eigenvalue weighted by atomic mass is 79.9. The Morgan fingerprint density at radius 3 is 2.55 bits per heavy atom. The van der Waals surface area contributed by atoms with Crippen molar-refractivity contribution in [2.75, 3.05) is 0 Å². The van der Waals surface area contributed by atoms with Gasteiger partial charge in [-0.15, -0.1) is 0 Å². The summed E-state index contributed by atoms with van der Waals surface area (Å²) in [6.45, 7) is 1.58. The summed E-state index contributed by atoms with van der Waals surface area (Å²) >= 11 is 9.44. The summed E-state index contributed by atoms with van der Waals surface area (Å²) in [6, 6.07) is 7.18. The van der Waals surface area contributed by atoms with Crippen LogP contribution in [0.25, 0.3) is 0 Å². The maximum atomic E-state index is 13.8. The summed E-state index contributed by atoms with van der Waals surface area (Å²) in [5, 5.41) is 0.564. The molecule has 0 amide bonds. The molecule has 106 valence electrons. The van der Waals surface area contributed by atoms with Crippen molar-refractivity contribution in [3.05, 3.63) is 68.2 Å². The first-order chi connectivity index (χ1) is 9.38. The molecule has 0 radical (unpaired) electrons. The number of hydrogen-bond donors (Lipinski definition) is 1. The van der Waals surface area contributed by atoms with Gasteiger partial charge in [-0.05, 0) is 42.7 Å². The molecule has 1 atom stereocenters. The van der Waals surface area contributed by atoms with E-state index < -0.39 is 17.7 Å². The first-order valence-corrected chi connectivity index (χ1v) is 7.20. The molecular formula is C15H13BrClF2N. The number of nitrogens with two attached hydrogens (primary N) is 1. The lowest BCUT2D eigenvalue weighted by Crippen LogP contribution is -2.16. The zero-order chi connectivity index (χ0) is 14.9. The molecule has 2 aromatic rings. The van der Waals surface area contributed by atoms with Crippen LogP contribution in [0, 0.1) is 18.6 Å². The van der Waals surface area contributed by atoms with Crippen molar-refractivity contribution in [2.45, 2.75) is 19.4 Å². The average Bonchev–Trinajstić information content (AvgIpc) is 2.37. The third-order valence-electron chi connectivity index (χ3n) is 3.13. The van der Waals surface area contributed by atoms with Gasteiger partial charge in [0.2, 0.25) is 0 Å². The van der Waals surface area contributed by atoms with Crippen LogP contribution in [-0.2, 0) is 6.42 Å². The largest absolute Gasteiger partial charge is 0.324 e. The number of aryl methyl sites for hydroxylation is 1. The Kier molecular flexibility index (Phi) is 4.78. The summed E-state index contributed by atoms with van der Waals surface area (Å²) < 4.78 is 27.9. The van der Waals surface area contributed by atoms with Crippen molar-refractivity contribution in [1.82, 2.24) is 0 Å². The zero-order valence-electron chi connectivity index (χ0n) is 10.8. The van der Waals surface area contributed by atoms with Gasteiger partial charge in [0, 0.05) is 27.2 Å². The smallest absolute Gasteiger partial charge is 0.130 e. The quantitative estimate of drug-likeness (QED) is 0.825. The van der Waals surface area contributed by atoms with Crippen molar-refractivity contribution in [3.8, 4) is 0 Å². The van der Waals surface area contributed by atoms with E-state index in [1.54, 1.807) is 13.0 Å². The van der Waals surface area contributed by atoms with Gasteiger partial charge in [0.25, 0.3) is 0 Å². The Balaban J connectivity index is 2.28. The number of rotatable bonds is 3. The lowest BCUT2D eigenvalue weighted by Gasteiger charge is -2.15. The maximum absolute atomic E-state index is 13.8. The van der Waals surface area contributed by atoms with E-state index in [1.807, 2.05) is 12.1 Å². The van der Waals surface area contributed by atoms with Crippen molar-refractivity contribution >= 4 is 27.5 Å². The monoisotopic (exact) mass is 359 g/mol. The molecule has 0 aromatic heterocycles. The van der Waals surface area contributed by atoms with E-state index in [4.69, 9.17) is 17.3 Å². The summed E-state index contributed by atoms with van der Waals surface area (Å²) in [6.07, 6.45) is 0.383. The van der Waals surface area contributed by atoms with Crippen LogP contribution in [0.3, 0.4) is 0 Å². The van der Waals surface area contributed by atoms with Gasteiger partial charge in [-0.25, -0.2) is 8.78 Å². The van der Waals surface area contributed by atoms with E-state index >= 15 is 0 Å². The fourth-order valence-corrected chi connectivity index (χ4v) is 2.75. The Morgan fingerprint density at radius 1 is 1.20 bits per heavy atom. The van der Waals surface area contributed by atoms with Crippen molar-refractivity contribution in [2.24, 2.45) is 5.73 Å². The van der Waals surface area contributed by atoms with Crippen LogP contribution < -0.4 is 5.73 Å². The zero-order valence-corrected chi connectivity index (χ0v) is 13.1. The Bertz CT molecular complexity index is 646. The van der Waals surface area contributed by atoms with E-state index in [0.717, 1.165) is 16.1 Å². The molecule has 0 saturated carbocycles. The highest BCUT2D eigenvalue weighted by Crippen LogP contribution is 2.27. The molecule has 0 bridgehead atoms. The first-order valence-electron chi connectivity index (χ1n) is 6.03. The van der Waals surface area contributed by atoms with Gasteiger partial charge in [-0.3, -0.25) is 0 Å². The van der Waals surface area contributed by atoms with E-state index in [-0.39, 0.29) is 0 Å². The standard InChI is InChI=1S/C15H13BrClF2N/c1-8-4-11(14(19)7-13(8)18)15(20)5-9-2-3-10(16)6-12(9)17/h2-4,6-7,15H,5,20H2,1H3. The molecule has 0 aliphatic carbocycles. The molecule has 0 fully saturated rings. The predicted octanol–water partition coefficient (Wildman–Crippen LogP) is 4.93. The van der Waals surface area contributed by atoms with Gasteiger partial charge in [-0.1, -0.05) is 33.6 Å². The molecule has 2 N–H and O–H groups in total. The maximum Gasteiger partial charge on any atom is 0.130 e. The van der Waals surface area contributed by atoms with Crippen LogP contribution in [0.5, 0.6) is 0 Å². The van der Waals surface area contributed by atoms with Gasteiger partial charge >= 0.3 is 0 Å². The molecule has 1 unspecified atom stereocenters. The van der Waals surface area contributed by atoms with Gasteiger partial charge in [-0.2, -0.15) is 0 Å². The van der Waals surface area contributed by atoms with E-state index in [9.17, 15) is 8.78 Å². The summed E-state index contributed by atoms with van der Waals surface area (Å²) in [7, 11) is 0. The molecule has 20 heavy (non-hydrogen) atoms. The van der Waals surface area contributed by atoms with Crippen LogP contribution >= 0.6 is 27.5 Å². The minimum absolute atomic E-state index is 0.294. The van der Waals surface area contributed by atoms with Crippen LogP contribution in [-0.4, -0.2) is 0 Å². The topological polar surface area (TPSA) is 26.0 Å². The molecule has 0 aliphatic heterocycles. The van der Waals surface area contributed by atoms with Crippen LogP contribution in [0.15, 0.2) is 34.8 Å². The third kappa shape index (κ3) is 3.37. The fourth-order valence-electron chi connectivity index (χ4n) is 2.00. The van der Waals surface area contributed by atoms with Gasteiger partial charge in [0.1, 0.15) is 11.6 Å². The van der Waals surface area contributed by atoms with Gasteiger partial charge in [0.15, 0.2) is 0 Å². The van der Waals surface area contributed by atoms with E-state index in [1.165, 1.54) is 6.07 Å². The van der Waals surface area contributed by atoms with Crippen LogP contribution in [0.4, 0.5) is 8.78 Å². The molecular weight excluding hydrogens is 348 g/mol. The van der Waals surface area contributed by atoms with Crippen LogP contribution in [0.1, 0.15) is 22.7 Å². The van der Waals surface area contributed by atoms with E-state index in [0.29, 0.717) is 22.6 Å². The lowest BCUT2D eigenvalue weighted by atomic mass is 9.97. The normalized spacial score (nSPS) is 12.5. The Hall–Kier alpha value is -0.970. The first kappa shape index (κ1) is 15.4. The number of halogens is 4. The number of benzene rings is 2. The average molecular weight is 361 g/mol. The highest BCUT2D eigenvalue weighted by Gasteiger charge is 2.16. The molecule has 0 heterocycles. The molecule has 5 heteroatoms. The minimum Gasteiger partial charge on any atom is -0.324 e. The summed E-state index contributed by atoms with van der Waals surface area (Å²) in [5.41, 5.74) is 7.51. The van der Waals surface area contributed by atoms with Crippen molar-refractivity contribution < 1.29 is 8.78 Å². The second-order valence-corrected chi connectivity index (χ2v) is 5.99. The Morgan fingerprint density at radius 2 is 1.90 bits per heavy atom. The summed E-state index contributed by atoms with van der Waals surface area (Å²) in [4.78, 5) is 0. The second-order valence-electron chi connectivity index (χ2n) is 4.67. The molecule has 2 rings (SSSR count). The fraction of sp³-hybridized carbons (Fsp3) is 0.200. The molecule has 0 saturated heterocycles. The van der Waals surface area contributed by atoms with Crippen molar-refractivity contribution in [1.29, 1.82) is 0 Å². The Labute approximate surface area is 129 Å². The molecule has 0 spiro atoms. The van der Waals surface area contributed by atoms with E-state index in [2.05, 4.69) is 15.9 Å². The van der Waals surface area contributed by atoms with Crippen LogP contribution in [0.2, 0.25) is 5.02 Å². The molecule has 0 aliphatic rings. The minimum atomic E-state index is -0.631. The SMILES string of the molecule is Cc1cc(C(N)Cc2ccc(Br)cc2Cl)c(F)cc1F. The van der Waals surface area contributed by atoms with Gasteiger partial charge < -0.3 is 5.73 Å². The molecule has 2 aromatic carbocycles. The second kappa shape index (κ2) is 6.20. The number of hydrogen-bond acceptors (Lipinski definition) is 1. The van der Waals surface area contributed by atoms with Crippen molar-refractivity contribution in [3.63, 3.8) is 0 Å².